The van der Waals surface area contributed by atoms with Gasteiger partial charge >= 0.3 is 0 Å². The van der Waals surface area contributed by atoms with Gasteiger partial charge in [-0.25, -0.2) is 0 Å². The van der Waals surface area contributed by atoms with Gasteiger partial charge in [-0.05, 0) is 61.5 Å². The third-order valence-electron chi connectivity index (χ3n) is 1.55. The number of hydrogen-bond donors (Lipinski definition) is 2. The predicted molar refractivity (Wildman–Crippen MR) is 67.6 cm³/mol. The van der Waals surface area contributed by atoms with Gasteiger partial charge < -0.3 is 5.11 Å². The monoisotopic (exact) mass is 250 g/mol. The first kappa shape index (κ1) is 11.5. The zero-order chi connectivity index (χ0) is 9.84. The maximum absolute atomic E-state index is 9.63. The summed E-state index contributed by atoms with van der Waals surface area (Å²) in [4.78, 5) is 0.928. The molecule has 72 valence electrons. The Labute approximate surface area is 94.7 Å². The van der Waals surface area contributed by atoms with Gasteiger partial charge in [0, 0.05) is 0 Å². The van der Waals surface area contributed by atoms with Crippen molar-refractivity contribution in [2.45, 2.75) is 18.7 Å². The van der Waals surface area contributed by atoms with E-state index in [0.29, 0.717) is 5.75 Å². The smallest absolute Gasteiger partial charge is 0.130 e. The van der Waals surface area contributed by atoms with Crippen LogP contribution in [0.1, 0.15) is 11.1 Å². The Bertz CT molecular complexity index is 277. The minimum absolute atomic E-state index is 0.359. The molecule has 1 nitrogen and oxygen atoms in total. The number of hydrogen-bond acceptors (Lipinski definition) is 5. The average Bonchev–Trinajstić information content (AvgIpc) is 2.02. The number of phenols is 1. The van der Waals surface area contributed by atoms with Crippen molar-refractivity contribution in [2.75, 3.05) is 0 Å². The molecule has 0 aliphatic carbocycles. The van der Waals surface area contributed by atoms with E-state index in [0.717, 1.165) is 16.0 Å². The van der Waals surface area contributed by atoms with Crippen LogP contribution in [0.5, 0.6) is 5.75 Å². The highest BCUT2D eigenvalue weighted by atomic mass is 33.7. The minimum atomic E-state index is 0.359. The van der Waals surface area contributed by atoms with Crippen LogP contribution in [-0.4, -0.2) is 5.11 Å². The lowest BCUT2D eigenvalue weighted by atomic mass is 10.1. The molecular weight excluding hydrogens is 240 g/mol. The number of aryl methyl sites for hydroxylation is 2. The van der Waals surface area contributed by atoms with Crippen molar-refractivity contribution in [3.63, 3.8) is 0 Å². The Morgan fingerprint density at radius 3 is 2.54 bits per heavy atom. The highest BCUT2D eigenvalue weighted by Gasteiger charge is 2.06. The molecule has 1 N–H and O–H groups in total. The van der Waals surface area contributed by atoms with E-state index in [1.807, 2.05) is 13.8 Å². The van der Waals surface area contributed by atoms with Crippen LogP contribution >= 0.6 is 42.1 Å². The van der Waals surface area contributed by atoms with E-state index in [2.05, 4.69) is 17.7 Å². The van der Waals surface area contributed by atoms with Gasteiger partial charge in [-0.3, -0.25) is 0 Å². The summed E-state index contributed by atoms with van der Waals surface area (Å²) in [6.45, 7) is 3.97. The van der Waals surface area contributed by atoms with Crippen LogP contribution in [0.15, 0.2) is 17.0 Å². The molecule has 0 saturated carbocycles. The van der Waals surface area contributed by atoms with E-state index in [1.165, 1.54) is 30.4 Å². The Balaban J connectivity index is 2.92. The summed E-state index contributed by atoms with van der Waals surface area (Å²) in [6, 6.07) is 3.84. The van der Waals surface area contributed by atoms with Crippen LogP contribution in [0, 0.1) is 13.8 Å². The minimum Gasteiger partial charge on any atom is -0.507 e. The van der Waals surface area contributed by atoms with E-state index < -0.39 is 0 Å². The van der Waals surface area contributed by atoms with E-state index in [4.69, 9.17) is 0 Å². The SMILES string of the molecule is Cc1cc(C)c(SSSS)c(O)c1. The summed E-state index contributed by atoms with van der Waals surface area (Å²) in [7, 11) is 4.45. The van der Waals surface area contributed by atoms with Gasteiger partial charge in [0.15, 0.2) is 0 Å². The topological polar surface area (TPSA) is 20.2 Å². The van der Waals surface area contributed by atoms with Crippen molar-refractivity contribution >= 4 is 42.1 Å². The number of phenolic OH excluding ortho intramolecular Hbond substituents is 1. The molecule has 0 unspecified atom stereocenters. The van der Waals surface area contributed by atoms with Gasteiger partial charge in [-0.15, -0.1) is 0 Å². The molecule has 13 heavy (non-hydrogen) atoms. The summed E-state index contributed by atoms with van der Waals surface area (Å²) in [5.74, 6) is 0.359. The molecule has 0 atom stereocenters. The summed E-state index contributed by atoms with van der Waals surface area (Å²) in [5.41, 5.74) is 2.19. The lowest BCUT2D eigenvalue weighted by Crippen LogP contribution is -1.81. The first-order valence-corrected chi connectivity index (χ1v) is 8.13. The molecule has 0 radical (unpaired) electrons. The summed E-state index contributed by atoms with van der Waals surface area (Å²) in [6.07, 6.45) is 0. The molecule has 1 rings (SSSR count). The maximum atomic E-state index is 9.63. The fraction of sp³-hybridized carbons (Fsp3) is 0.250. The standard InChI is InChI=1S/C8H10OS4/c1-5-3-6(2)8(7(9)4-5)11-13-12-10/h3-4,9-10H,1-2H3. The summed E-state index contributed by atoms with van der Waals surface area (Å²) < 4.78 is 0. The average molecular weight is 250 g/mol. The number of aromatic hydroxyl groups is 1. The predicted octanol–water partition coefficient (Wildman–Crippen LogP) is 4.24. The fourth-order valence-electron chi connectivity index (χ4n) is 1.09. The highest BCUT2D eigenvalue weighted by Crippen LogP contribution is 2.46. The molecule has 0 spiro atoms. The van der Waals surface area contributed by atoms with Crippen molar-refractivity contribution in [3.05, 3.63) is 23.3 Å². The molecular formula is C8H10OS4. The first-order valence-electron chi connectivity index (χ1n) is 3.60. The van der Waals surface area contributed by atoms with Crippen molar-refractivity contribution in [1.82, 2.24) is 0 Å². The second kappa shape index (κ2) is 5.34. The Morgan fingerprint density at radius 2 is 2.00 bits per heavy atom. The van der Waals surface area contributed by atoms with E-state index in [1.54, 1.807) is 6.07 Å². The molecule has 0 saturated heterocycles. The Kier molecular flexibility index (Phi) is 4.72. The Morgan fingerprint density at radius 1 is 1.31 bits per heavy atom. The lowest BCUT2D eigenvalue weighted by Gasteiger charge is -2.07. The number of thiol groups is 1. The fourth-order valence-corrected chi connectivity index (χ4v) is 4.18. The third-order valence-corrected chi connectivity index (χ3v) is 6.06. The third kappa shape index (κ3) is 3.23. The van der Waals surface area contributed by atoms with E-state index in [-0.39, 0.29) is 0 Å². The zero-order valence-corrected chi connectivity index (χ0v) is 10.6. The molecule has 0 fully saturated rings. The van der Waals surface area contributed by atoms with Gasteiger partial charge in [-0.2, -0.15) is 0 Å². The number of benzene rings is 1. The largest absolute Gasteiger partial charge is 0.507 e. The zero-order valence-electron chi connectivity index (χ0n) is 7.27. The molecule has 1 aromatic rings. The van der Waals surface area contributed by atoms with Gasteiger partial charge in [0.05, 0.1) is 4.90 Å². The molecule has 0 aromatic heterocycles. The van der Waals surface area contributed by atoms with Crippen LogP contribution < -0.4 is 0 Å². The van der Waals surface area contributed by atoms with Crippen LogP contribution in [0.3, 0.4) is 0 Å². The molecule has 0 bridgehead atoms. The van der Waals surface area contributed by atoms with Crippen molar-refractivity contribution in [2.24, 2.45) is 0 Å². The van der Waals surface area contributed by atoms with E-state index in [9.17, 15) is 5.11 Å². The second-order valence-electron chi connectivity index (χ2n) is 2.66. The van der Waals surface area contributed by atoms with Gasteiger partial charge in [0.1, 0.15) is 5.75 Å². The summed E-state index contributed by atoms with van der Waals surface area (Å²) >= 11 is 4.02. The second-order valence-corrected chi connectivity index (χ2v) is 7.44. The lowest BCUT2D eigenvalue weighted by molar-refractivity contribution is 0.461. The molecule has 0 aliphatic heterocycles. The van der Waals surface area contributed by atoms with Crippen LogP contribution in [0.25, 0.3) is 0 Å². The van der Waals surface area contributed by atoms with Crippen LogP contribution in [-0.2, 0) is 0 Å². The number of rotatable bonds is 3. The van der Waals surface area contributed by atoms with Crippen molar-refractivity contribution < 1.29 is 5.11 Å². The normalized spacial score (nSPS) is 10.4. The molecule has 5 heteroatoms. The van der Waals surface area contributed by atoms with Gasteiger partial charge in [-0.1, -0.05) is 17.7 Å². The quantitative estimate of drug-likeness (QED) is 0.617. The molecule has 0 aliphatic rings. The van der Waals surface area contributed by atoms with Crippen molar-refractivity contribution in [1.29, 1.82) is 0 Å². The molecule has 0 amide bonds. The van der Waals surface area contributed by atoms with Crippen LogP contribution in [0.2, 0.25) is 0 Å². The Hall–Kier alpha value is 0.420. The van der Waals surface area contributed by atoms with Gasteiger partial charge in [0.2, 0.25) is 0 Å². The highest BCUT2D eigenvalue weighted by molar-refractivity contribution is 9.23. The van der Waals surface area contributed by atoms with Gasteiger partial charge in [0.25, 0.3) is 0 Å². The maximum Gasteiger partial charge on any atom is 0.130 e. The first-order chi connectivity index (χ1) is 6.15. The van der Waals surface area contributed by atoms with Crippen molar-refractivity contribution in [3.8, 4) is 5.75 Å². The summed E-state index contributed by atoms with van der Waals surface area (Å²) in [5, 5.41) is 9.63. The van der Waals surface area contributed by atoms with Crippen LogP contribution in [0.4, 0.5) is 0 Å². The molecule has 0 heterocycles. The molecule has 1 aromatic carbocycles. The van der Waals surface area contributed by atoms with E-state index >= 15 is 0 Å².